The molecule has 0 saturated carbocycles. The van der Waals surface area contributed by atoms with Gasteiger partial charge in [0.1, 0.15) is 6.54 Å². The minimum Gasteiger partial charge on any atom is -0.469 e. The van der Waals surface area contributed by atoms with Gasteiger partial charge in [0.2, 0.25) is 5.91 Å². The van der Waals surface area contributed by atoms with Crippen LogP contribution in [-0.4, -0.2) is 51.7 Å². The zero-order chi connectivity index (χ0) is 14.7. The van der Waals surface area contributed by atoms with Crippen LogP contribution in [0.4, 0.5) is 5.82 Å². The van der Waals surface area contributed by atoms with Crippen LogP contribution in [-0.2, 0) is 20.9 Å². The van der Waals surface area contributed by atoms with Gasteiger partial charge in [-0.2, -0.15) is 4.68 Å². The van der Waals surface area contributed by atoms with Gasteiger partial charge in [-0.05, 0) is 11.3 Å². The highest BCUT2D eigenvalue weighted by atomic mass is 16.6. The number of carbonyl (C=O) groups excluding carboxylic acids is 2. The number of hydrogen-bond acceptors (Lipinski definition) is 6. The van der Waals surface area contributed by atoms with Crippen molar-refractivity contribution in [3.63, 3.8) is 0 Å². The highest BCUT2D eigenvalue weighted by molar-refractivity contribution is 5.79. The Kier molecular flexibility index (Phi) is 3.97. The fourth-order valence-electron chi connectivity index (χ4n) is 2.12. The Morgan fingerprint density at radius 1 is 1.60 bits per heavy atom. The van der Waals surface area contributed by atoms with Crippen molar-refractivity contribution >= 4 is 17.7 Å². The maximum atomic E-state index is 12.0. The number of carbonyl (C=O) groups is 2. The first-order valence-corrected chi connectivity index (χ1v) is 6.04. The summed E-state index contributed by atoms with van der Waals surface area (Å²) in [4.78, 5) is 34.8. The summed E-state index contributed by atoms with van der Waals surface area (Å²) in [6.07, 6.45) is 1.95. The molecule has 0 spiro atoms. The number of nitro groups is 1. The van der Waals surface area contributed by atoms with Crippen LogP contribution in [0.25, 0.3) is 0 Å². The molecule has 20 heavy (non-hydrogen) atoms. The van der Waals surface area contributed by atoms with Crippen LogP contribution in [0.2, 0.25) is 0 Å². The summed E-state index contributed by atoms with van der Waals surface area (Å²) in [6.45, 7) is 0.707. The van der Waals surface area contributed by atoms with E-state index >= 15 is 0 Å². The van der Waals surface area contributed by atoms with E-state index in [0.717, 1.165) is 0 Å². The van der Waals surface area contributed by atoms with E-state index in [1.807, 2.05) is 0 Å². The quantitative estimate of drug-likeness (QED) is 0.430. The highest BCUT2D eigenvalue weighted by Gasteiger charge is 2.32. The third kappa shape index (κ3) is 2.92. The van der Waals surface area contributed by atoms with Gasteiger partial charge in [-0.1, -0.05) is 0 Å². The van der Waals surface area contributed by atoms with Crippen molar-refractivity contribution in [2.24, 2.45) is 5.92 Å². The molecule has 1 unspecified atom stereocenters. The molecule has 1 aliphatic heterocycles. The molecule has 0 aromatic carbocycles. The van der Waals surface area contributed by atoms with E-state index in [4.69, 9.17) is 0 Å². The normalized spacial score (nSPS) is 18.1. The van der Waals surface area contributed by atoms with E-state index in [9.17, 15) is 19.7 Å². The lowest BCUT2D eigenvalue weighted by atomic mass is 10.1. The van der Waals surface area contributed by atoms with Crippen molar-refractivity contribution in [1.29, 1.82) is 0 Å². The number of esters is 1. The van der Waals surface area contributed by atoms with Crippen molar-refractivity contribution in [1.82, 2.24) is 14.7 Å². The minimum absolute atomic E-state index is 0.0816. The lowest BCUT2D eigenvalue weighted by molar-refractivity contribution is -0.389. The van der Waals surface area contributed by atoms with E-state index < -0.39 is 4.92 Å². The standard InChI is InChI=1S/C11H14N4O5/c1-20-11(17)8-2-4-13(6-8)10(16)7-14-5-3-9(12-14)15(18)19/h3,5,8H,2,4,6-7H2,1H3. The Morgan fingerprint density at radius 2 is 2.35 bits per heavy atom. The zero-order valence-corrected chi connectivity index (χ0v) is 10.9. The second kappa shape index (κ2) is 5.68. The van der Waals surface area contributed by atoms with Gasteiger partial charge in [0.25, 0.3) is 0 Å². The third-order valence-electron chi connectivity index (χ3n) is 3.19. The van der Waals surface area contributed by atoms with Crippen LogP contribution in [0, 0.1) is 16.0 Å². The van der Waals surface area contributed by atoms with Crippen LogP contribution >= 0.6 is 0 Å². The largest absolute Gasteiger partial charge is 0.469 e. The van der Waals surface area contributed by atoms with Crippen molar-refractivity contribution < 1.29 is 19.2 Å². The number of aromatic nitrogens is 2. The zero-order valence-electron chi connectivity index (χ0n) is 10.9. The summed E-state index contributed by atoms with van der Waals surface area (Å²) in [5.41, 5.74) is 0. The maximum Gasteiger partial charge on any atom is 0.389 e. The first-order valence-electron chi connectivity index (χ1n) is 6.04. The minimum atomic E-state index is -0.621. The lowest BCUT2D eigenvalue weighted by Crippen LogP contribution is -2.33. The van der Waals surface area contributed by atoms with E-state index in [0.29, 0.717) is 19.5 Å². The van der Waals surface area contributed by atoms with Crippen LogP contribution in [0.15, 0.2) is 12.3 Å². The van der Waals surface area contributed by atoms with Gasteiger partial charge in [-0.3, -0.25) is 9.59 Å². The van der Waals surface area contributed by atoms with E-state index in [2.05, 4.69) is 9.84 Å². The summed E-state index contributed by atoms with van der Waals surface area (Å²) in [5, 5.41) is 14.2. The number of rotatable bonds is 4. The first-order chi connectivity index (χ1) is 9.51. The lowest BCUT2D eigenvalue weighted by Gasteiger charge is -2.14. The van der Waals surface area contributed by atoms with Gasteiger partial charge in [-0.15, -0.1) is 0 Å². The fourth-order valence-corrected chi connectivity index (χ4v) is 2.12. The van der Waals surface area contributed by atoms with Gasteiger partial charge in [0.15, 0.2) is 0 Å². The molecule has 108 valence electrons. The van der Waals surface area contributed by atoms with Crippen molar-refractivity contribution in [3.8, 4) is 0 Å². The topological polar surface area (TPSA) is 108 Å². The van der Waals surface area contributed by atoms with E-state index in [1.54, 1.807) is 0 Å². The molecule has 0 radical (unpaired) electrons. The molecule has 1 fully saturated rings. The Hall–Kier alpha value is -2.45. The Bertz CT molecular complexity index is 541. The molecular weight excluding hydrogens is 268 g/mol. The predicted molar refractivity (Wildman–Crippen MR) is 65.6 cm³/mol. The number of hydrogen-bond donors (Lipinski definition) is 0. The second-order valence-corrected chi connectivity index (χ2v) is 4.48. The monoisotopic (exact) mass is 282 g/mol. The Balaban J connectivity index is 1.92. The number of amides is 1. The van der Waals surface area contributed by atoms with Gasteiger partial charge in [0, 0.05) is 13.1 Å². The second-order valence-electron chi connectivity index (χ2n) is 4.48. The van der Waals surface area contributed by atoms with E-state index in [1.165, 1.54) is 29.0 Å². The number of nitrogens with zero attached hydrogens (tertiary/aromatic N) is 4. The van der Waals surface area contributed by atoms with Crippen LogP contribution in [0.1, 0.15) is 6.42 Å². The van der Waals surface area contributed by atoms with Gasteiger partial charge in [0.05, 0.1) is 30.4 Å². The first kappa shape index (κ1) is 14.0. The van der Waals surface area contributed by atoms with Gasteiger partial charge in [-0.25, -0.2) is 0 Å². The average molecular weight is 282 g/mol. The average Bonchev–Trinajstić information content (AvgIpc) is 3.06. The van der Waals surface area contributed by atoms with E-state index in [-0.39, 0.29) is 30.2 Å². The van der Waals surface area contributed by atoms with Crippen LogP contribution in [0.5, 0.6) is 0 Å². The van der Waals surface area contributed by atoms with Crippen molar-refractivity contribution in [2.45, 2.75) is 13.0 Å². The molecular formula is C11H14N4O5. The number of methoxy groups -OCH3 is 1. The molecule has 0 aliphatic carbocycles. The summed E-state index contributed by atoms with van der Waals surface area (Å²) in [6, 6.07) is 1.23. The Morgan fingerprint density at radius 3 is 2.95 bits per heavy atom. The molecule has 9 heteroatoms. The van der Waals surface area contributed by atoms with Crippen molar-refractivity contribution in [2.75, 3.05) is 20.2 Å². The predicted octanol–water partition coefficient (Wildman–Crippen LogP) is -0.187. The molecule has 1 aromatic rings. The third-order valence-corrected chi connectivity index (χ3v) is 3.19. The molecule has 1 aromatic heterocycles. The summed E-state index contributed by atoms with van der Waals surface area (Å²) >= 11 is 0. The number of likely N-dealkylation sites (tertiary alicyclic amines) is 1. The molecule has 2 heterocycles. The molecule has 1 atom stereocenters. The molecule has 1 aliphatic rings. The molecule has 2 rings (SSSR count). The fraction of sp³-hybridized carbons (Fsp3) is 0.545. The van der Waals surface area contributed by atoms with Crippen LogP contribution in [0.3, 0.4) is 0 Å². The highest BCUT2D eigenvalue weighted by Crippen LogP contribution is 2.18. The maximum absolute atomic E-state index is 12.0. The molecule has 0 bridgehead atoms. The molecule has 0 N–H and O–H groups in total. The van der Waals surface area contributed by atoms with Gasteiger partial charge >= 0.3 is 11.8 Å². The summed E-state index contributed by atoms with van der Waals surface area (Å²) in [5.74, 6) is -1.15. The van der Waals surface area contributed by atoms with Crippen LogP contribution < -0.4 is 0 Å². The molecule has 1 amide bonds. The summed E-state index contributed by atoms with van der Waals surface area (Å²) < 4.78 is 5.85. The molecule has 1 saturated heterocycles. The SMILES string of the molecule is COC(=O)C1CCN(C(=O)Cn2ccc([N+](=O)[O-])n2)C1. The van der Waals surface area contributed by atoms with Gasteiger partial charge < -0.3 is 19.8 Å². The Labute approximate surface area is 114 Å². The number of ether oxygens (including phenoxy) is 1. The van der Waals surface area contributed by atoms with Crippen molar-refractivity contribution in [3.05, 3.63) is 22.4 Å². The summed E-state index contributed by atoms with van der Waals surface area (Å²) in [7, 11) is 1.32. The molecule has 9 nitrogen and oxygen atoms in total. The smallest absolute Gasteiger partial charge is 0.389 e.